The standard InChI is InChI=1S/C47H90O5S2/c1-5-9-13-17-19-29-37-46(49)51-44(41-53-39-31-21-15-11-7-3)35-27-23-25-33-43(48)34-26-24-28-36-45(42-54-40-32-22-16-12-8-4)52-47(50)38-30-20-18-14-10-6-2/h44-45H,5-42H2,1-4H3. The van der Waals surface area contributed by atoms with Gasteiger partial charge in [-0.2, -0.15) is 23.5 Å². The molecule has 0 amide bonds. The van der Waals surface area contributed by atoms with Gasteiger partial charge in [0.1, 0.15) is 18.0 Å². The van der Waals surface area contributed by atoms with Crippen molar-refractivity contribution in [3.05, 3.63) is 0 Å². The van der Waals surface area contributed by atoms with Crippen LogP contribution >= 0.6 is 23.5 Å². The predicted molar refractivity (Wildman–Crippen MR) is 239 cm³/mol. The van der Waals surface area contributed by atoms with E-state index in [9.17, 15) is 14.4 Å². The zero-order valence-electron chi connectivity index (χ0n) is 36.4. The summed E-state index contributed by atoms with van der Waals surface area (Å²) in [6.45, 7) is 8.97. The summed E-state index contributed by atoms with van der Waals surface area (Å²) in [6, 6.07) is 0. The molecule has 0 spiro atoms. The monoisotopic (exact) mass is 799 g/mol. The van der Waals surface area contributed by atoms with Crippen LogP contribution in [0.4, 0.5) is 0 Å². The average molecular weight is 799 g/mol. The van der Waals surface area contributed by atoms with Crippen LogP contribution in [0.15, 0.2) is 0 Å². The fourth-order valence-corrected chi connectivity index (χ4v) is 9.00. The van der Waals surface area contributed by atoms with Crippen LogP contribution in [0.3, 0.4) is 0 Å². The zero-order chi connectivity index (χ0) is 39.6. The van der Waals surface area contributed by atoms with E-state index in [2.05, 4.69) is 27.7 Å². The number of ether oxygens (including phenoxy) is 2. The smallest absolute Gasteiger partial charge is 0.306 e. The van der Waals surface area contributed by atoms with Crippen LogP contribution in [0.25, 0.3) is 0 Å². The number of thioether (sulfide) groups is 2. The van der Waals surface area contributed by atoms with Crippen molar-refractivity contribution >= 4 is 41.2 Å². The maximum absolute atomic E-state index is 12.7. The Bertz CT molecular complexity index is 758. The summed E-state index contributed by atoms with van der Waals surface area (Å²) >= 11 is 3.88. The van der Waals surface area contributed by atoms with E-state index in [0.717, 1.165) is 100 Å². The Kier molecular flexibility index (Phi) is 42.9. The minimum Gasteiger partial charge on any atom is -0.461 e. The minimum atomic E-state index is -0.0246. The molecule has 0 aliphatic heterocycles. The van der Waals surface area contributed by atoms with Crippen molar-refractivity contribution in [1.29, 1.82) is 0 Å². The number of carbonyl (C=O) groups is 3. The molecular weight excluding hydrogens is 709 g/mol. The normalized spacial score (nSPS) is 12.5. The Morgan fingerprint density at radius 2 is 0.667 bits per heavy atom. The maximum Gasteiger partial charge on any atom is 0.306 e. The second kappa shape index (κ2) is 43.4. The third-order valence-electron chi connectivity index (χ3n) is 10.4. The molecule has 0 aromatic rings. The first kappa shape index (κ1) is 53.3. The van der Waals surface area contributed by atoms with Gasteiger partial charge in [0.2, 0.25) is 0 Å². The lowest BCUT2D eigenvalue weighted by Crippen LogP contribution is -2.21. The first-order chi connectivity index (χ1) is 26.5. The number of carbonyl (C=O) groups excluding carboxylic acids is 3. The molecule has 7 heteroatoms. The highest BCUT2D eigenvalue weighted by Gasteiger charge is 2.16. The van der Waals surface area contributed by atoms with Gasteiger partial charge < -0.3 is 9.47 Å². The number of ketones is 1. The van der Waals surface area contributed by atoms with Gasteiger partial charge >= 0.3 is 11.9 Å². The van der Waals surface area contributed by atoms with Crippen LogP contribution in [-0.4, -0.2) is 52.9 Å². The van der Waals surface area contributed by atoms with Crippen molar-refractivity contribution in [1.82, 2.24) is 0 Å². The summed E-state index contributed by atoms with van der Waals surface area (Å²) in [5.74, 6) is 4.40. The fourth-order valence-electron chi connectivity index (χ4n) is 6.85. The molecule has 0 N–H and O–H groups in total. The molecule has 0 heterocycles. The molecule has 0 rings (SSSR count). The van der Waals surface area contributed by atoms with Crippen LogP contribution < -0.4 is 0 Å². The summed E-state index contributed by atoms with van der Waals surface area (Å²) in [6.07, 6.45) is 37.1. The van der Waals surface area contributed by atoms with Gasteiger partial charge in [0.15, 0.2) is 0 Å². The van der Waals surface area contributed by atoms with Gasteiger partial charge in [-0.05, 0) is 75.7 Å². The van der Waals surface area contributed by atoms with Crippen LogP contribution in [-0.2, 0) is 23.9 Å². The van der Waals surface area contributed by atoms with Crippen molar-refractivity contribution < 1.29 is 23.9 Å². The Labute approximate surface area is 344 Å². The van der Waals surface area contributed by atoms with Crippen molar-refractivity contribution in [2.75, 3.05) is 23.0 Å². The first-order valence-corrected chi connectivity index (χ1v) is 25.8. The lowest BCUT2D eigenvalue weighted by atomic mass is 10.0. The van der Waals surface area contributed by atoms with Gasteiger partial charge in [0, 0.05) is 37.2 Å². The lowest BCUT2D eigenvalue weighted by Gasteiger charge is -2.18. The molecule has 0 saturated heterocycles. The third-order valence-corrected chi connectivity index (χ3v) is 12.8. The van der Waals surface area contributed by atoms with Crippen molar-refractivity contribution in [3.8, 4) is 0 Å². The number of esters is 2. The van der Waals surface area contributed by atoms with Gasteiger partial charge in [-0.25, -0.2) is 0 Å². The maximum atomic E-state index is 12.7. The molecule has 0 radical (unpaired) electrons. The molecular formula is C47H90O5S2. The number of Topliss-reactive ketones (excluding diaryl/α,β-unsaturated/α-hetero) is 1. The van der Waals surface area contributed by atoms with E-state index >= 15 is 0 Å². The highest BCUT2D eigenvalue weighted by molar-refractivity contribution is 7.99. The van der Waals surface area contributed by atoms with Crippen LogP contribution in [0, 0.1) is 0 Å². The highest BCUT2D eigenvalue weighted by atomic mass is 32.2. The Morgan fingerprint density at radius 1 is 0.370 bits per heavy atom. The molecule has 2 atom stereocenters. The van der Waals surface area contributed by atoms with E-state index in [-0.39, 0.29) is 24.1 Å². The first-order valence-electron chi connectivity index (χ1n) is 23.5. The van der Waals surface area contributed by atoms with Gasteiger partial charge in [-0.3, -0.25) is 14.4 Å². The van der Waals surface area contributed by atoms with E-state index in [1.54, 1.807) is 0 Å². The highest BCUT2D eigenvalue weighted by Crippen LogP contribution is 2.20. The van der Waals surface area contributed by atoms with Crippen molar-refractivity contribution in [3.63, 3.8) is 0 Å². The van der Waals surface area contributed by atoms with E-state index < -0.39 is 0 Å². The van der Waals surface area contributed by atoms with Crippen molar-refractivity contribution in [2.45, 2.75) is 258 Å². The molecule has 54 heavy (non-hydrogen) atoms. The van der Waals surface area contributed by atoms with Gasteiger partial charge in [0.05, 0.1) is 0 Å². The van der Waals surface area contributed by atoms with Crippen LogP contribution in [0.1, 0.15) is 246 Å². The fraction of sp³-hybridized carbons (Fsp3) is 0.936. The van der Waals surface area contributed by atoms with Gasteiger partial charge in [-0.15, -0.1) is 0 Å². The molecule has 0 aromatic heterocycles. The molecule has 0 aliphatic rings. The SMILES string of the molecule is CCCCCCCCC(=O)OC(CCCCCC(=O)CCCCCC(CSCCCCCCC)OC(=O)CCCCCCCC)CSCCCCCCC. The zero-order valence-corrected chi connectivity index (χ0v) is 38.0. The second-order valence-corrected chi connectivity index (χ2v) is 18.3. The van der Waals surface area contributed by atoms with Crippen molar-refractivity contribution in [2.24, 2.45) is 0 Å². The van der Waals surface area contributed by atoms with E-state index in [1.807, 2.05) is 23.5 Å². The molecule has 0 bridgehead atoms. The Balaban J connectivity index is 4.42. The number of hydrogen-bond donors (Lipinski definition) is 0. The number of hydrogen-bond acceptors (Lipinski definition) is 7. The average Bonchev–Trinajstić information content (AvgIpc) is 3.16. The minimum absolute atomic E-state index is 0.00298. The lowest BCUT2D eigenvalue weighted by molar-refractivity contribution is -0.149. The predicted octanol–water partition coefficient (Wildman–Crippen LogP) is 15.2. The Morgan fingerprint density at radius 3 is 1.04 bits per heavy atom. The molecule has 0 saturated carbocycles. The van der Waals surface area contributed by atoms with E-state index in [0.29, 0.717) is 31.5 Å². The third kappa shape index (κ3) is 39.5. The molecule has 0 aliphatic carbocycles. The molecule has 0 aromatic carbocycles. The van der Waals surface area contributed by atoms with Crippen LogP contribution in [0.2, 0.25) is 0 Å². The summed E-state index contributed by atoms with van der Waals surface area (Å²) < 4.78 is 12.0. The summed E-state index contributed by atoms with van der Waals surface area (Å²) in [4.78, 5) is 38.0. The topological polar surface area (TPSA) is 69.7 Å². The number of rotatable bonds is 44. The molecule has 5 nitrogen and oxygen atoms in total. The second-order valence-electron chi connectivity index (χ2n) is 16.0. The summed E-state index contributed by atoms with van der Waals surface area (Å²) in [5, 5.41) is 0. The largest absolute Gasteiger partial charge is 0.461 e. The molecule has 320 valence electrons. The quantitative estimate of drug-likeness (QED) is 0.0449. The van der Waals surface area contributed by atoms with Gasteiger partial charge in [0.25, 0.3) is 0 Å². The van der Waals surface area contributed by atoms with Crippen LogP contribution in [0.5, 0.6) is 0 Å². The molecule has 2 unspecified atom stereocenters. The summed E-state index contributed by atoms with van der Waals surface area (Å²) in [7, 11) is 0. The van der Waals surface area contributed by atoms with Gasteiger partial charge in [-0.1, -0.05) is 156 Å². The van der Waals surface area contributed by atoms with E-state index in [4.69, 9.17) is 9.47 Å². The molecule has 0 fully saturated rings. The van der Waals surface area contributed by atoms with E-state index in [1.165, 1.54) is 116 Å². The Hall–Kier alpha value is -0.690. The number of unbranched alkanes of at least 4 members (excludes halogenated alkanes) is 22. The summed E-state index contributed by atoms with van der Waals surface area (Å²) in [5.41, 5.74) is 0.